The van der Waals surface area contributed by atoms with Crippen LogP contribution in [0, 0.1) is 81.6 Å². The molecule has 18 rings (SSSR count). The third-order valence-electron chi connectivity index (χ3n) is 27.7. The molecule has 11 aromatic rings. The molecule has 0 radical (unpaired) electrons. The summed E-state index contributed by atoms with van der Waals surface area (Å²) < 4.78 is 15.6. The first-order chi connectivity index (χ1) is 69.0. The summed E-state index contributed by atoms with van der Waals surface area (Å²) in [5.41, 5.74) is 24.1. The van der Waals surface area contributed by atoms with E-state index in [1.54, 1.807) is 7.11 Å². The van der Waals surface area contributed by atoms with Gasteiger partial charge in [0, 0.05) is 146 Å². The Hall–Kier alpha value is -10.3. The van der Waals surface area contributed by atoms with Crippen molar-refractivity contribution in [1.29, 1.82) is 0 Å². The van der Waals surface area contributed by atoms with E-state index in [9.17, 15) is 0 Å². The Labute approximate surface area is 883 Å². The van der Waals surface area contributed by atoms with Crippen molar-refractivity contribution in [1.82, 2.24) is 49.3 Å². The van der Waals surface area contributed by atoms with Crippen molar-refractivity contribution in [3.63, 3.8) is 0 Å². The molecule has 0 N–H and O–H groups in total. The molecule has 9 heterocycles. The van der Waals surface area contributed by atoms with Crippen LogP contribution < -0.4 is 29.1 Å². The number of ether oxygens (including phenoxy) is 3. The molecule has 7 aliphatic heterocycles. The smallest absolute Gasteiger partial charge is 0.147 e. The lowest BCUT2D eigenvalue weighted by Gasteiger charge is -2.38. The Balaban J connectivity index is 0.000000245. The number of nitrogens with zero attached hydrogens (tertiary/aromatic N) is 14. The highest BCUT2D eigenvalue weighted by Gasteiger charge is 2.27. The molecular weight excluding hydrogens is 1780 g/mol. The van der Waals surface area contributed by atoms with E-state index >= 15 is 0 Å². The number of piperidine rings is 4. The summed E-state index contributed by atoms with van der Waals surface area (Å²) in [7, 11) is 7.99. The molecule has 794 valence electrons. The second-order valence-electron chi connectivity index (χ2n) is 41.5. The number of hydrogen-bond acceptors (Lipinski definition) is 17. The van der Waals surface area contributed by atoms with Crippen molar-refractivity contribution in [3.8, 4) is 11.5 Å². The molecule has 0 saturated carbocycles. The van der Waals surface area contributed by atoms with E-state index in [-0.39, 0.29) is 14.9 Å². The maximum Gasteiger partial charge on any atom is 0.147 e. The Bertz CT molecular complexity index is 4930. The fourth-order valence-corrected chi connectivity index (χ4v) is 18.3. The van der Waals surface area contributed by atoms with Crippen LogP contribution in [-0.2, 0) is 17.8 Å². The molecule has 2 aromatic heterocycles. The van der Waals surface area contributed by atoms with Crippen molar-refractivity contribution < 1.29 is 14.2 Å². The third kappa shape index (κ3) is 50.3. The molecule has 7 saturated heterocycles. The number of aryl methyl sites for hydroxylation is 11. The Morgan fingerprint density at radius 3 is 1.19 bits per heavy atom. The van der Waals surface area contributed by atoms with Gasteiger partial charge in [0.15, 0.2) is 0 Å². The van der Waals surface area contributed by atoms with Crippen molar-refractivity contribution in [2.45, 2.75) is 254 Å². The van der Waals surface area contributed by atoms with Gasteiger partial charge in [0.25, 0.3) is 0 Å². The lowest BCUT2D eigenvalue weighted by atomic mass is 9.84. The number of anilines is 4. The molecule has 145 heavy (non-hydrogen) atoms. The predicted octanol–water partition coefficient (Wildman–Crippen LogP) is 28.0. The highest BCUT2D eigenvalue weighted by Crippen LogP contribution is 2.32. The topological polar surface area (TPSA) is 112 Å². The summed E-state index contributed by atoms with van der Waals surface area (Å²) in [5.74, 6) is 4.23. The number of rotatable bonds is 19. The van der Waals surface area contributed by atoms with Gasteiger partial charge in [0.2, 0.25) is 0 Å². The van der Waals surface area contributed by atoms with Gasteiger partial charge >= 0.3 is 0 Å². The quantitative estimate of drug-likeness (QED) is 0.0715. The van der Waals surface area contributed by atoms with Crippen LogP contribution in [0.3, 0.4) is 0 Å². The summed E-state index contributed by atoms with van der Waals surface area (Å²) in [5, 5.41) is 0. The van der Waals surface area contributed by atoms with E-state index in [0.717, 1.165) is 93.6 Å². The van der Waals surface area contributed by atoms with Crippen LogP contribution >= 0.6 is 0 Å². The minimum absolute atomic E-state index is 0. The first-order valence-electron chi connectivity index (χ1n) is 54.1. The molecule has 17 heteroatoms. The molecular formula is C128H194N14O3. The molecule has 1 unspecified atom stereocenters. The lowest BCUT2D eigenvalue weighted by molar-refractivity contribution is 0.110. The lowest BCUT2D eigenvalue weighted by Crippen LogP contribution is -2.46. The summed E-state index contributed by atoms with van der Waals surface area (Å²) >= 11 is 0. The van der Waals surface area contributed by atoms with Crippen molar-refractivity contribution in [3.05, 3.63) is 333 Å². The number of piperazine rings is 2. The number of likely N-dealkylation sites (tertiary alicyclic amines) is 3. The molecule has 0 amide bonds. The maximum atomic E-state index is 5.44. The highest BCUT2D eigenvalue weighted by atomic mass is 16.5. The van der Waals surface area contributed by atoms with Crippen molar-refractivity contribution in [2.24, 2.45) is 5.41 Å². The standard InChI is InChI=1S/C15H23N.C14H23N3.C14H21N.C13H20N2.2C12H17N.C11H16O2.C10H16N4.C10H15N.C8H10O.C7H8.2CH4/c1-13-5-7-14(8-6-13)11-16-10-4-9-15(2,3)12-16;1-11(2)17-7-4-5-13(6-8-17)14-10-15-12(3)9-16-14;1-3-15-10-8-14(9-11-15)13-6-4-12(2)5-7-13;1-3-14-8-10-15(11-9-14)13-6-4-12(2)5-7-13;2*1-11-5-7-12(8-6-11)13-9-3-2-4-10-13;1-3-12-8-9-13-11-6-4-10(2)5-7-11;1-9-7-12-10(8-11-9)14-5-3-13(2)4-6-14;1-9-4-6-10(7-5-9)8-11(2)3;1-7-3-5-8(9-2)6-4-7;1-7-5-3-2-4-6-7;;/h5-8H,4,9-12H2,1-3H3;9-11,13H,4-8H2,1-3H3;4-7,14H,3,8-11H2,1-2H3;4-7H,3,8-11H2,1-2H3;2*5-8H,2-4,9-10H2,1H3;4-7H,3,8-9H2,1-2H3;7-8H,3-6H2,1-2H3;4-7H,8H2,1-3H3;3-6H,1-2H3;2-6H,1H3;2*1H4. The minimum Gasteiger partial charge on any atom is -0.497 e. The van der Waals surface area contributed by atoms with Crippen LogP contribution in [0.15, 0.2) is 249 Å². The Morgan fingerprint density at radius 1 is 0.366 bits per heavy atom. The number of hydrogen-bond donors (Lipinski definition) is 0. The molecule has 0 spiro atoms. The summed E-state index contributed by atoms with van der Waals surface area (Å²) in [6.45, 7) is 66.8. The van der Waals surface area contributed by atoms with Gasteiger partial charge in [0.1, 0.15) is 23.9 Å². The minimum atomic E-state index is 0. The average Bonchev–Trinajstić information content (AvgIpc) is 1.75. The van der Waals surface area contributed by atoms with E-state index in [1.165, 1.54) is 265 Å². The fraction of sp³-hybridized carbons (Fsp3) is 0.516. The van der Waals surface area contributed by atoms with Gasteiger partial charge in [-0.1, -0.05) is 256 Å². The Morgan fingerprint density at radius 2 is 0.779 bits per heavy atom. The first kappa shape index (κ1) is 123. The zero-order valence-corrected chi connectivity index (χ0v) is 92.8. The highest BCUT2D eigenvalue weighted by molar-refractivity contribution is 5.50. The zero-order chi connectivity index (χ0) is 103. The SMILES string of the molecule is C.C.CCN1CCC(c2ccc(C)cc2)CC1.CCN1CCN(c2ccc(C)cc2)CC1.CCOCCOc1ccc(C)cc1.COc1ccc(C)cc1.Cc1ccc(CN(C)C)cc1.Cc1ccc(CN2CCCC(C)(C)C2)cc1.Cc1ccc(N2CCCCC2)cc1.Cc1ccc(N2CCCCC2)cc1.Cc1ccccc1.Cc1cnc(C2CCCN(C(C)C)CC2)cn1.Cc1cnc(N2CCN(C)CC2)cn1. The molecule has 0 bridgehead atoms. The van der Waals surface area contributed by atoms with Gasteiger partial charge in [-0.3, -0.25) is 19.9 Å². The number of methoxy groups -OCH3 is 1. The number of benzene rings is 9. The molecule has 7 fully saturated rings. The van der Waals surface area contributed by atoms with Crippen LogP contribution in [-0.4, -0.2) is 234 Å². The van der Waals surface area contributed by atoms with Crippen LogP contribution in [0.5, 0.6) is 11.5 Å². The fourth-order valence-electron chi connectivity index (χ4n) is 18.3. The molecule has 0 aliphatic carbocycles. The van der Waals surface area contributed by atoms with Crippen molar-refractivity contribution >= 4 is 22.9 Å². The van der Waals surface area contributed by atoms with Gasteiger partial charge in [-0.05, 0) is 336 Å². The van der Waals surface area contributed by atoms with Gasteiger partial charge in [-0.15, -0.1) is 0 Å². The molecule has 9 aromatic carbocycles. The van der Waals surface area contributed by atoms with E-state index in [4.69, 9.17) is 14.2 Å². The van der Waals surface area contributed by atoms with E-state index in [0.29, 0.717) is 30.6 Å². The van der Waals surface area contributed by atoms with Gasteiger partial charge < -0.3 is 58.3 Å². The van der Waals surface area contributed by atoms with E-state index in [2.05, 4.69) is 352 Å². The maximum absolute atomic E-state index is 5.44. The molecule has 7 aliphatic rings. The summed E-state index contributed by atoms with van der Waals surface area (Å²) in [4.78, 5) is 42.0. The second-order valence-corrected chi connectivity index (χ2v) is 41.5. The summed E-state index contributed by atoms with van der Waals surface area (Å²) in [6.07, 6.45) is 24.9. The molecule has 17 nitrogen and oxygen atoms in total. The monoisotopic (exact) mass is 1980 g/mol. The van der Waals surface area contributed by atoms with Crippen LogP contribution in [0.25, 0.3) is 0 Å². The Kier molecular flexibility index (Phi) is 59.3. The van der Waals surface area contributed by atoms with E-state index < -0.39 is 0 Å². The van der Waals surface area contributed by atoms with Gasteiger partial charge in [-0.25, -0.2) is 4.98 Å². The van der Waals surface area contributed by atoms with E-state index in [1.807, 2.05) is 112 Å². The third-order valence-corrected chi connectivity index (χ3v) is 27.7. The number of likely N-dealkylation sites (N-methyl/N-ethyl adjacent to an activating group) is 2. The van der Waals surface area contributed by atoms with Crippen LogP contribution in [0.4, 0.5) is 22.9 Å². The second kappa shape index (κ2) is 69.7. The van der Waals surface area contributed by atoms with Crippen molar-refractivity contribution in [2.75, 3.05) is 199 Å². The first-order valence-corrected chi connectivity index (χ1v) is 54.1. The largest absolute Gasteiger partial charge is 0.497 e. The van der Waals surface area contributed by atoms with Gasteiger partial charge in [-0.2, -0.15) is 0 Å². The zero-order valence-electron chi connectivity index (χ0n) is 92.8. The number of aromatic nitrogens is 4. The van der Waals surface area contributed by atoms with Crippen LogP contribution in [0.1, 0.15) is 242 Å². The normalized spacial score (nSPS) is 16.5. The predicted molar refractivity (Wildman–Crippen MR) is 625 cm³/mol. The van der Waals surface area contributed by atoms with Gasteiger partial charge in [0.05, 0.1) is 43.2 Å². The summed E-state index contributed by atoms with van der Waals surface area (Å²) in [6, 6.07) is 80.2. The molecule has 1 atom stereocenters. The average molecular weight is 1980 g/mol. The van der Waals surface area contributed by atoms with Crippen LogP contribution in [0.2, 0.25) is 0 Å².